The molecule has 1 aromatic rings. The second-order valence-corrected chi connectivity index (χ2v) is 4.99. The zero-order valence-corrected chi connectivity index (χ0v) is 11.9. The summed E-state index contributed by atoms with van der Waals surface area (Å²) in [5, 5.41) is 0. The van der Waals surface area contributed by atoms with Crippen LogP contribution in [0.25, 0.3) is 0 Å². The molecule has 110 valence electrons. The van der Waals surface area contributed by atoms with Crippen LogP contribution in [0.4, 0.5) is 5.69 Å². The number of ether oxygens (including phenoxy) is 2. The van der Waals surface area contributed by atoms with Crippen LogP contribution in [0.2, 0.25) is 0 Å². The Bertz CT molecular complexity index is 456. The Kier molecular flexibility index (Phi) is 5.24. The lowest BCUT2D eigenvalue weighted by molar-refractivity contribution is 0.0491. The van der Waals surface area contributed by atoms with Gasteiger partial charge in [-0.2, -0.15) is 0 Å². The molecule has 0 aliphatic carbocycles. The van der Waals surface area contributed by atoms with Gasteiger partial charge in [0.1, 0.15) is 5.75 Å². The van der Waals surface area contributed by atoms with Crippen LogP contribution < -0.4 is 10.5 Å². The number of hydrogen-bond acceptors (Lipinski definition) is 5. The molecule has 0 saturated carbocycles. The molecule has 1 heterocycles. The molecule has 1 aliphatic rings. The molecule has 5 heteroatoms. The first-order chi connectivity index (χ1) is 9.70. The van der Waals surface area contributed by atoms with Gasteiger partial charge in [-0.15, -0.1) is 0 Å². The van der Waals surface area contributed by atoms with E-state index in [-0.39, 0.29) is 5.97 Å². The second-order valence-electron chi connectivity index (χ2n) is 4.99. The van der Waals surface area contributed by atoms with E-state index in [2.05, 4.69) is 4.90 Å². The third kappa shape index (κ3) is 3.87. The number of carbonyl (C=O) groups is 1. The number of nitrogens with two attached hydrogens (primary N) is 1. The van der Waals surface area contributed by atoms with Gasteiger partial charge in [0.05, 0.1) is 25.0 Å². The first-order valence-corrected chi connectivity index (χ1v) is 7.03. The summed E-state index contributed by atoms with van der Waals surface area (Å²) in [7, 11) is 1.54. The lowest BCUT2D eigenvalue weighted by atomic mass is 10.2. The molecule has 1 fully saturated rings. The van der Waals surface area contributed by atoms with E-state index < -0.39 is 0 Å². The first kappa shape index (κ1) is 14.7. The van der Waals surface area contributed by atoms with Crippen molar-refractivity contribution >= 4 is 11.7 Å². The highest BCUT2D eigenvalue weighted by atomic mass is 16.5. The fourth-order valence-corrected chi connectivity index (χ4v) is 2.40. The fraction of sp³-hybridized carbons (Fsp3) is 0.533. The van der Waals surface area contributed by atoms with E-state index in [1.54, 1.807) is 25.3 Å². The maximum Gasteiger partial charge on any atom is 0.338 e. The summed E-state index contributed by atoms with van der Waals surface area (Å²) in [6.07, 6.45) is 3.44. The van der Waals surface area contributed by atoms with Crippen molar-refractivity contribution in [1.29, 1.82) is 0 Å². The highest BCUT2D eigenvalue weighted by Crippen LogP contribution is 2.22. The second kappa shape index (κ2) is 7.14. The largest absolute Gasteiger partial charge is 0.495 e. The Balaban J connectivity index is 1.75. The Morgan fingerprint density at radius 2 is 2.10 bits per heavy atom. The number of likely N-dealkylation sites (tertiary alicyclic amines) is 1. The Labute approximate surface area is 119 Å². The van der Waals surface area contributed by atoms with E-state index in [1.807, 2.05) is 0 Å². The molecule has 0 amide bonds. The van der Waals surface area contributed by atoms with Crippen LogP contribution >= 0.6 is 0 Å². The van der Waals surface area contributed by atoms with Crippen molar-refractivity contribution in [2.75, 3.05) is 39.1 Å². The van der Waals surface area contributed by atoms with Crippen LogP contribution in [0.15, 0.2) is 18.2 Å². The van der Waals surface area contributed by atoms with E-state index in [4.69, 9.17) is 15.2 Å². The molecule has 0 atom stereocenters. The lowest BCUT2D eigenvalue weighted by Crippen LogP contribution is -2.22. The van der Waals surface area contributed by atoms with Gasteiger partial charge in [0.15, 0.2) is 0 Å². The van der Waals surface area contributed by atoms with Crippen molar-refractivity contribution in [2.24, 2.45) is 0 Å². The maximum atomic E-state index is 11.9. The van der Waals surface area contributed by atoms with Crippen LogP contribution in [-0.2, 0) is 4.74 Å². The number of carbonyl (C=O) groups excluding carboxylic acids is 1. The molecular weight excluding hydrogens is 256 g/mol. The SMILES string of the molecule is COc1ccc(C(=O)OCCCN2CCCC2)cc1N. The minimum atomic E-state index is -0.333. The molecule has 0 bridgehead atoms. The maximum absolute atomic E-state index is 11.9. The lowest BCUT2D eigenvalue weighted by Gasteiger charge is -2.14. The van der Waals surface area contributed by atoms with Crippen LogP contribution in [0, 0.1) is 0 Å². The standard InChI is InChI=1S/C15H22N2O3/c1-19-14-6-5-12(11-13(14)16)15(18)20-10-4-9-17-7-2-3-8-17/h5-6,11H,2-4,7-10,16H2,1H3. The van der Waals surface area contributed by atoms with Crippen molar-refractivity contribution in [3.05, 3.63) is 23.8 Å². The average molecular weight is 278 g/mol. The number of nitrogen functional groups attached to an aromatic ring is 1. The van der Waals surface area contributed by atoms with Gasteiger partial charge in [-0.3, -0.25) is 0 Å². The number of methoxy groups -OCH3 is 1. The molecule has 0 radical (unpaired) electrons. The van der Waals surface area contributed by atoms with Crippen molar-refractivity contribution in [1.82, 2.24) is 4.90 Å². The van der Waals surface area contributed by atoms with E-state index in [9.17, 15) is 4.79 Å². The summed E-state index contributed by atoms with van der Waals surface area (Å²) in [4.78, 5) is 14.3. The van der Waals surface area contributed by atoms with E-state index in [0.29, 0.717) is 23.6 Å². The highest BCUT2D eigenvalue weighted by Gasteiger charge is 2.12. The minimum Gasteiger partial charge on any atom is -0.495 e. The summed E-state index contributed by atoms with van der Waals surface area (Å²) in [6, 6.07) is 4.93. The van der Waals surface area contributed by atoms with Gasteiger partial charge >= 0.3 is 5.97 Å². The molecule has 0 spiro atoms. The molecule has 1 aromatic carbocycles. The molecule has 1 aliphatic heterocycles. The number of anilines is 1. The molecule has 20 heavy (non-hydrogen) atoms. The van der Waals surface area contributed by atoms with Crippen molar-refractivity contribution in [3.8, 4) is 5.75 Å². The van der Waals surface area contributed by atoms with Crippen molar-refractivity contribution < 1.29 is 14.3 Å². The third-order valence-electron chi connectivity index (χ3n) is 3.52. The first-order valence-electron chi connectivity index (χ1n) is 7.03. The van der Waals surface area contributed by atoms with Crippen LogP contribution in [0.3, 0.4) is 0 Å². The van der Waals surface area contributed by atoms with Crippen LogP contribution in [-0.4, -0.2) is 44.2 Å². The van der Waals surface area contributed by atoms with E-state index in [0.717, 1.165) is 13.0 Å². The van der Waals surface area contributed by atoms with Gasteiger partial charge in [0, 0.05) is 6.54 Å². The summed E-state index contributed by atoms with van der Waals surface area (Å²) in [6.45, 7) is 3.78. The summed E-state index contributed by atoms with van der Waals surface area (Å²) >= 11 is 0. The zero-order valence-electron chi connectivity index (χ0n) is 11.9. The van der Waals surface area contributed by atoms with Crippen molar-refractivity contribution in [3.63, 3.8) is 0 Å². The Hall–Kier alpha value is -1.75. The highest BCUT2D eigenvalue weighted by molar-refractivity contribution is 5.91. The van der Waals surface area contributed by atoms with Gasteiger partial charge in [0.25, 0.3) is 0 Å². The normalized spacial score (nSPS) is 15.2. The fourth-order valence-electron chi connectivity index (χ4n) is 2.40. The molecule has 0 aromatic heterocycles. The topological polar surface area (TPSA) is 64.8 Å². The number of esters is 1. The summed E-state index contributed by atoms with van der Waals surface area (Å²) < 4.78 is 10.3. The number of nitrogens with zero attached hydrogens (tertiary/aromatic N) is 1. The number of benzene rings is 1. The number of hydrogen-bond donors (Lipinski definition) is 1. The minimum absolute atomic E-state index is 0.333. The predicted octanol–water partition coefficient (Wildman–Crippen LogP) is 1.92. The summed E-state index contributed by atoms with van der Waals surface area (Å²) in [5.41, 5.74) is 6.67. The van der Waals surface area contributed by atoms with Gasteiger partial charge in [0.2, 0.25) is 0 Å². The monoisotopic (exact) mass is 278 g/mol. The van der Waals surface area contributed by atoms with Gasteiger partial charge in [-0.1, -0.05) is 0 Å². The van der Waals surface area contributed by atoms with Gasteiger partial charge in [-0.25, -0.2) is 4.79 Å². The predicted molar refractivity (Wildman–Crippen MR) is 78.0 cm³/mol. The molecule has 5 nitrogen and oxygen atoms in total. The third-order valence-corrected chi connectivity index (χ3v) is 3.52. The molecule has 2 rings (SSSR count). The molecule has 2 N–H and O–H groups in total. The zero-order chi connectivity index (χ0) is 14.4. The van der Waals surface area contributed by atoms with E-state index in [1.165, 1.54) is 25.9 Å². The summed E-state index contributed by atoms with van der Waals surface area (Å²) in [5.74, 6) is 0.233. The van der Waals surface area contributed by atoms with Gasteiger partial charge < -0.3 is 20.1 Å². The van der Waals surface area contributed by atoms with Crippen molar-refractivity contribution in [2.45, 2.75) is 19.3 Å². The molecule has 1 saturated heterocycles. The van der Waals surface area contributed by atoms with Crippen LogP contribution in [0.1, 0.15) is 29.6 Å². The van der Waals surface area contributed by atoms with Crippen LogP contribution in [0.5, 0.6) is 5.75 Å². The molecular formula is C15H22N2O3. The Morgan fingerprint density at radius 3 is 2.75 bits per heavy atom. The quantitative estimate of drug-likeness (QED) is 0.489. The average Bonchev–Trinajstić information content (AvgIpc) is 2.96. The smallest absolute Gasteiger partial charge is 0.338 e. The van der Waals surface area contributed by atoms with Gasteiger partial charge in [-0.05, 0) is 50.6 Å². The Morgan fingerprint density at radius 1 is 1.35 bits per heavy atom. The van der Waals surface area contributed by atoms with E-state index >= 15 is 0 Å². The number of rotatable bonds is 6. The molecule has 0 unspecified atom stereocenters.